The molecule has 1 aliphatic rings. The number of carbonyl (C=O) groups is 1. The summed E-state index contributed by atoms with van der Waals surface area (Å²) in [5, 5.41) is 14.2. The highest BCUT2D eigenvalue weighted by molar-refractivity contribution is 5.78. The Morgan fingerprint density at radius 2 is 1.80 bits per heavy atom. The molecule has 0 aromatic heterocycles. The molecular weight excluding hydrogens is 325 g/mol. The van der Waals surface area contributed by atoms with Crippen LogP contribution in [0.4, 0.5) is 9.18 Å². The monoisotopic (exact) mass is 341 g/mol. The molecule has 7 heteroatoms. The lowest BCUT2D eigenvalue weighted by Crippen LogP contribution is -2.47. The van der Waals surface area contributed by atoms with Gasteiger partial charge in [-0.05, 0) is 18.6 Å². The largest absolute Gasteiger partial charge is 0.323 e. The quantitative estimate of drug-likeness (QED) is 0.682. The maximum absolute atomic E-state index is 14.1. The maximum atomic E-state index is 14.1. The van der Waals surface area contributed by atoms with Gasteiger partial charge in [0.25, 0.3) is 5.70 Å². The highest BCUT2D eigenvalue weighted by atomic mass is 19.1. The predicted molar refractivity (Wildman–Crippen MR) is 89.4 cm³/mol. The third kappa shape index (κ3) is 3.21. The molecule has 1 aliphatic heterocycles. The van der Waals surface area contributed by atoms with E-state index in [1.165, 1.54) is 30.0 Å². The van der Waals surface area contributed by atoms with Gasteiger partial charge in [0.1, 0.15) is 5.82 Å². The highest BCUT2D eigenvalue weighted by Crippen LogP contribution is 2.32. The molecule has 1 N–H and O–H groups in total. The number of allylic oxidation sites excluding steroid dienone is 1. The lowest BCUT2D eigenvalue weighted by atomic mass is 9.99. The molecule has 1 atom stereocenters. The zero-order valence-corrected chi connectivity index (χ0v) is 13.5. The molecule has 2 amide bonds. The fourth-order valence-electron chi connectivity index (χ4n) is 2.90. The number of urea groups is 1. The van der Waals surface area contributed by atoms with E-state index < -0.39 is 22.8 Å². The van der Waals surface area contributed by atoms with Crippen molar-refractivity contribution in [3.8, 4) is 0 Å². The van der Waals surface area contributed by atoms with E-state index in [1.54, 1.807) is 6.07 Å². The molecule has 0 unspecified atom stereocenters. The van der Waals surface area contributed by atoms with Gasteiger partial charge in [-0.2, -0.15) is 0 Å². The predicted octanol–water partition coefficient (Wildman–Crippen LogP) is 3.60. The number of hydrogen-bond donors (Lipinski definition) is 1. The van der Waals surface area contributed by atoms with E-state index in [2.05, 4.69) is 5.32 Å². The average molecular weight is 341 g/mol. The van der Waals surface area contributed by atoms with E-state index >= 15 is 0 Å². The van der Waals surface area contributed by atoms with Crippen molar-refractivity contribution in [1.82, 2.24) is 10.2 Å². The van der Waals surface area contributed by atoms with Gasteiger partial charge >= 0.3 is 6.03 Å². The van der Waals surface area contributed by atoms with E-state index in [4.69, 9.17) is 0 Å². The van der Waals surface area contributed by atoms with Crippen LogP contribution in [0.5, 0.6) is 0 Å². The van der Waals surface area contributed by atoms with Gasteiger partial charge in [0.2, 0.25) is 0 Å². The number of nitrogens with one attached hydrogen (secondary N) is 1. The Hall–Kier alpha value is -3.22. The van der Waals surface area contributed by atoms with Crippen LogP contribution in [0.15, 0.2) is 66.0 Å². The average Bonchev–Trinajstić information content (AvgIpc) is 2.59. The van der Waals surface area contributed by atoms with E-state index in [-0.39, 0.29) is 23.5 Å². The van der Waals surface area contributed by atoms with Crippen LogP contribution >= 0.6 is 0 Å². The first kappa shape index (κ1) is 16.6. The number of carbonyl (C=O) groups excluding carboxylic acids is 1. The van der Waals surface area contributed by atoms with Gasteiger partial charge in [-0.15, -0.1) is 0 Å². The molecule has 0 fully saturated rings. The van der Waals surface area contributed by atoms with Crippen LogP contribution in [-0.4, -0.2) is 15.9 Å². The summed E-state index contributed by atoms with van der Waals surface area (Å²) in [5.41, 5.74) is 0.872. The summed E-state index contributed by atoms with van der Waals surface area (Å²) in [5.74, 6) is -0.601. The molecule has 25 heavy (non-hydrogen) atoms. The third-order valence-electron chi connectivity index (χ3n) is 4.16. The third-order valence-corrected chi connectivity index (χ3v) is 4.16. The second-order valence-electron chi connectivity index (χ2n) is 5.70. The van der Waals surface area contributed by atoms with E-state index in [0.717, 1.165) is 5.56 Å². The zero-order valence-electron chi connectivity index (χ0n) is 13.5. The van der Waals surface area contributed by atoms with Gasteiger partial charge in [-0.3, -0.25) is 15.0 Å². The van der Waals surface area contributed by atoms with Crippen LogP contribution in [0.1, 0.15) is 24.1 Å². The Labute approximate surface area is 143 Å². The van der Waals surface area contributed by atoms with Crippen LogP contribution in [-0.2, 0) is 6.54 Å². The number of rotatable bonds is 4. The molecule has 2 aromatic carbocycles. The summed E-state index contributed by atoms with van der Waals surface area (Å²) in [4.78, 5) is 24.9. The SMILES string of the molecule is CC1=C([N+](=O)[O-])[C@@H](c2ccccc2F)NC(=O)N1Cc1ccccc1. The Morgan fingerprint density at radius 1 is 1.16 bits per heavy atom. The van der Waals surface area contributed by atoms with Crippen molar-refractivity contribution in [2.24, 2.45) is 0 Å². The number of nitro groups is 1. The van der Waals surface area contributed by atoms with Crippen LogP contribution in [0.25, 0.3) is 0 Å². The van der Waals surface area contributed by atoms with Crippen LogP contribution in [0.2, 0.25) is 0 Å². The smallest absolute Gasteiger partial charge is 0.320 e. The van der Waals surface area contributed by atoms with Gasteiger partial charge in [-0.1, -0.05) is 48.5 Å². The standard InChI is InChI=1S/C18H16FN3O3/c1-12-17(22(24)25)16(14-9-5-6-10-15(14)19)20-18(23)21(12)11-13-7-3-2-4-8-13/h2-10,16H,11H2,1H3,(H,20,23)/t16-/m1/s1. The Bertz CT molecular complexity index is 852. The summed E-state index contributed by atoms with van der Waals surface area (Å²) in [6.07, 6.45) is 0. The van der Waals surface area contributed by atoms with Gasteiger partial charge in [-0.25, -0.2) is 9.18 Å². The number of benzene rings is 2. The Morgan fingerprint density at radius 3 is 2.44 bits per heavy atom. The first-order valence-corrected chi connectivity index (χ1v) is 7.70. The molecule has 0 radical (unpaired) electrons. The molecular formula is C18H16FN3O3. The minimum absolute atomic E-state index is 0.0706. The van der Waals surface area contributed by atoms with Crippen molar-refractivity contribution in [2.45, 2.75) is 19.5 Å². The Balaban J connectivity index is 2.03. The van der Waals surface area contributed by atoms with Crippen molar-refractivity contribution in [1.29, 1.82) is 0 Å². The second-order valence-corrected chi connectivity index (χ2v) is 5.70. The fraction of sp³-hybridized carbons (Fsp3) is 0.167. The topological polar surface area (TPSA) is 75.5 Å². The van der Waals surface area contributed by atoms with Crippen LogP contribution < -0.4 is 5.32 Å². The molecule has 0 aliphatic carbocycles. The number of nitrogens with zero attached hydrogens (tertiary/aromatic N) is 2. The van der Waals surface area contributed by atoms with Gasteiger partial charge in [0.05, 0.1) is 17.2 Å². The molecule has 0 saturated heterocycles. The number of halogens is 1. The normalized spacial score (nSPS) is 17.4. The molecule has 128 valence electrons. The molecule has 3 rings (SSSR count). The molecule has 0 bridgehead atoms. The number of hydrogen-bond acceptors (Lipinski definition) is 3. The number of amides is 2. The molecule has 0 saturated carbocycles. The van der Waals surface area contributed by atoms with E-state index in [0.29, 0.717) is 0 Å². The lowest BCUT2D eigenvalue weighted by molar-refractivity contribution is -0.433. The summed E-state index contributed by atoms with van der Waals surface area (Å²) in [7, 11) is 0. The second kappa shape index (κ2) is 6.72. The first-order chi connectivity index (χ1) is 12.0. The fourth-order valence-corrected chi connectivity index (χ4v) is 2.90. The van der Waals surface area contributed by atoms with Gasteiger partial charge < -0.3 is 5.32 Å². The van der Waals surface area contributed by atoms with E-state index in [1.807, 2.05) is 30.3 Å². The molecule has 1 heterocycles. The minimum atomic E-state index is -1.13. The van der Waals surface area contributed by atoms with Crippen molar-refractivity contribution in [3.63, 3.8) is 0 Å². The first-order valence-electron chi connectivity index (χ1n) is 7.70. The van der Waals surface area contributed by atoms with Gasteiger partial charge in [0, 0.05) is 5.56 Å². The lowest BCUT2D eigenvalue weighted by Gasteiger charge is -2.32. The molecule has 6 nitrogen and oxygen atoms in total. The minimum Gasteiger partial charge on any atom is -0.320 e. The molecule has 0 spiro atoms. The van der Waals surface area contributed by atoms with Crippen molar-refractivity contribution < 1.29 is 14.1 Å². The van der Waals surface area contributed by atoms with Crippen molar-refractivity contribution >= 4 is 6.03 Å². The highest BCUT2D eigenvalue weighted by Gasteiger charge is 2.40. The van der Waals surface area contributed by atoms with Crippen molar-refractivity contribution in [3.05, 3.63) is 93.0 Å². The summed E-state index contributed by atoms with van der Waals surface area (Å²) in [6.45, 7) is 1.70. The Kier molecular flexibility index (Phi) is 4.47. The molecule has 2 aromatic rings. The van der Waals surface area contributed by atoms with E-state index in [9.17, 15) is 19.3 Å². The maximum Gasteiger partial charge on any atom is 0.323 e. The van der Waals surface area contributed by atoms with Crippen molar-refractivity contribution in [2.75, 3.05) is 0 Å². The van der Waals surface area contributed by atoms with Crippen LogP contribution in [0.3, 0.4) is 0 Å². The van der Waals surface area contributed by atoms with Crippen LogP contribution in [0, 0.1) is 15.9 Å². The van der Waals surface area contributed by atoms with Gasteiger partial charge in [0.15, 0.2) is 6.04 Å². The summed E-state index contributed by atoms with van der Waals surface area (Å²) >= 11 is 0. The zero-order chi connectivity index (χ0) is 18.0. The summed E-state index contributed by atoms with van der Waals surface area (Å²) < 4.78 is 14.1. The summed E-state index contributed by atoms with van der Waals surface area (Å²) in [6, 6.07) is 13.2.